The highest BCUT2D eigenvalue weighted by atomic mass is 16.2. The lowest BCUT2D eigenvalue weighted by molar-refractivity contribution is -0.149. The van der Waals surface area contributed by atoms with Crippen molar-refractivity contribution in [2.45, 2.75) is 86.1 Å². The minimum Gasteiger partial charge on any atom is -0.339 e. The van der Waals surface area contributed by atoms with Crippen LogP contribution in [0.25, 0.3) is 0 Å². The Labute approximate surface area is 146 Å². The third-order valence-corrected chi connectivity index (χ3v) is 8.79. The number of ketones is 1. The van der Waals surface area contributed by atoms with Gasteiger partial charge in [0.25, 0.3) is 0 Å². The summed E-state index contributed by atoms with van der Waals surface area (Å²) >= 11 is 0. The number of likely N-dealkylation sites (tertiary alicyclic amines) is 1. The first kappa shape index (κ1) is 16.6. The van der Waals surface area contributed by atoms with E-state index >= 15 is 0 Å². The van der Waals surface area contributed by atoms with Gasteiger partial charge in [0.2, 0.25) is 5.91 Å². The summed E-state index contributed by atoms with van der Waals surface area (Å²) in [5.41, 5.74) is -0.401. The molecule has 3 heteroatoms. The second kappa shape index (κ2) is 4.27. The molecule has 1 aliphatic heterocycles. The van der Waals surface area contributed by atoms with Crippen LogP contribution in [0.3, 0.4) is 0 Å². The predicted molar refractivity (Wildman–Crippen MR) is 94.4 cm³/mol. The van der Waals surface area contributed by atoms with Crippen molar-refractivity contribution in [1.29, 1.82) is 0 Å². The maximum absolute atomic E-state index is 13.8. The summed E-state index contributed by atoms with van der Waals surface area (Å²) < 4.78 is 0. The van der Waals surface area contributed by atoms with Crippen molar-refractivity contribution >= 4 is 11.7 Å². The van der Waals surface area contributed by atoms with E-state index in [1.165, 1.54) is 6.42 Å². The van der Waals surface area contributed by atoms with Gasteiger partial charge in [-0.15, -0.1) is 0 Å². The van der Waals surface area contributed by atoms with Gasteiger partial charge >= 0.3 is 0 Å². The quantitative estimate of drug-likeness (QED) is 0.722. The Morgan fingerprint density at radius 1 is 1.04 bits per heavy atom. The summed E-state index contributed by atoms with van der Waals surface area (Å²) in [4.78, 5) is 28.7. The Morgan fingerprint density at radius 2 is 1.71 bits per heavy atom. The van der Waals surface area contributed by atoms with Gasteiger partial charge < -0.3 is 4.90 Å². The van der Waals surface area contributed by atoms with Crippen molar-refractivity contribution in [2.75, 3.05) is 6.54 Å². The minimum absolute atomic E-state index is 0.221. The third-order valence-electron chi connectivity index (χ3n) is 8.79. The normalized spacial score (nSPS) is 48.2. The molecule has 4 aliphatic rings. The van der Waals surface area contributed by atoms with Crippen molar-refractivity contribution < 1.29 is 9.59 Å². The molecular weight excluding hydrogens is 298 g/mol. The summed E-state index contributed by atoms with van der Waals surface area (Å²) in [6, 6.07) is 0.374. The molecule has 0 aromatic heterocycles. The number of nitrogens with zero attached hydrogens (tertiary/aromatic N) is 1. The average Bonchev–Trinajstić information content (AvgIpc) is 2.86. The van der Waals surface area contributed by atoms with E-state index in [0.717, 1.165) is 32.2 Å². The molecule has 3 aliphatic carbocycles. The van der Waals surface area contributed by atoms with E-state index in [-0.39, 0.29) is 16.2 Å². The molecule has 4 fully saturated rings. The van der Waals surface area contributed by atoms with Gasteiger partial charge in [-0.25, -0.2) is 0 Å². The summed E-state index contributed by atoms with van der Waals surface area (Å²) in [6.07, 6.45) is 5.70. The highest BCUT2D eigenvalue weighted by Gasteiger charge is 2.73. The maximum atomic E-state index is 13.8. The van der Waals surface area contributed by atoms with Crippen molar-refractivity contribution in [3.8, 4) is 0 Å². The molecular formula is C21H33NO2. The number of hydrogen-bond acceptors (Lipinski definition) is 2. The SMILES string of the molecule is CC1(C)C[C@H]2C[C@@](C)(CN2C(=O)[C@@]23CC[C@@](C)(C(=O)C2)C3(C)C)C1. The van der Waals surface area contributed by atoms with Crippen LogP contribution in [-0.4, -0.2) is 29.2 Å². The largest absolute Gasteiger partial charge is 0.339 e. The molecule has 1 heterocycles. The van der Waals surface area contributed by atoms with Crippen LogP contribution < -0.4 is 0 Å². The fourth-order valence-corrected chi connectivity index (χ4v) is 7.31. The van der Waals surface area contributed by atoms with Crippen LogP contribution in [0.2, 0.25) is 0 Å². The van der Waals surface area contributed by atoms with Crippen LogP contribution in [0.1, 0.15) is 80.1 Å². The molecule has 3 saturated carbocycles. The highest BCUT2D eigenvalue weighted by molar-refractivity contribution is 5.99. The molecule has 0 radical (unpaired) electrons. The summed E-state index contributed by atoms with van der Waals surface area (Å²) in [5.74, 6) is 0.620. The van der Waals surface area contributed by atoms with E-state index in [2.05, 4.69) is 46.4 Å². The van der Waals surface area contributed by atoms with E-state index in [9.17, 15) is 9.59 Å². The van der Waals surface area contributed by atoms with Crippen LogP contribution in [-0.2, 0) is 9.59 Å². The monoisotopic (exact) mass is 331 g/mol. The summed E-state index contributed by atoms with van der Waals surface area (Å²) in [6.45, 7) is 14.4. The number of rotatable bonds is 1. The van der Waals surface area contributed by atoms with Gasteiger partial charge in [-0.3, -0.25) is 9.59 Å². The Hall–Kier alpha value is -0.860. The Bertz CT molecular complexity index is 636. The van der Waals surface area contributed by atoms with E-state index in [4.69, 9.17) is 0 Å². The molecule has 4 rings (SSSR count). The summed E-state index contributed by atoms with van der Waals surface area (Å²) in [5, 5.41) is 0. The fraction of sp³-hybridized carbons (Fsp3) is 0.905. The maximum Gasteiger partial charge on any atom is 0.230 e. The zero-order valence-corrected chi connectivity index (χ0v) is 16.3. The van der Waals surface area contributed by atoms with Crippen LogP contribution >= 0.6 is 0 Å². The van der Waals surface area contributed by atoms with Crippen molar-refractivity contribution in [1.82, 2.24) is 4.90 Å². The first-order valence-corrected chi connectivity index (χ1v) is 9.70. The Morgan fingerprint density at radius 3 is 2.25 bits per heavy atom. The molecule has 1 amide bonds. The van der Waals surface area contributed by atoms with Crippen LogP contribution in [0.4, 0.5) is 0 Å². The van der Waals surface area contributed by atoms with E-state index in [0.29, 0.717) is 29.6 Å². The number of carbonyl (C=O) groups excluding carboxylic acids is 2. The minimum atomic E-state index is -0.448. The lowest BCUT2D eigenvalue weighted by atomic mass is 9.64. The predicted octanol–water partition coefficient (Wildman–Crippen LogP) is 4.20. The Kier molecular flexibility index (Phi) is 2.95. The molecule has 4 bridgehead atoms. The first-order chi connectivity index (χ1) is 10.9. The van der Waals surface area contributed by atoms with Crippen molar-refractivity contribution in [2.24, 2.45) is 27.1 Å². The second-order valence-corrected chi connectivity index (χ2v) is 11.3. The molecule has 0 spiro atoms. The fourth-order valence-electron chi connectivity index (χ4n) is 7.31. The van der Waals surface area contributed by atoms with E-state index < -0.39 is 5.41 Å². The summed E-state index contributed by atoms with van der Waals surface area (Å²) in [7, 11) is 0. The molecule has 0 aromatic carbocycles. The molecule has 1 saturated heterocycles. The zero-order valence-electron chi connectivity index (χ0n) is 16.3. The van der Waals surface area contributed by atoms with Crippen LogP contribution in [0.15, 0.2) is 0 Å². The topological polar surface area (TPSA) is 37.4 Å². The van der Waals surface area contributed by atoms with Gasteiger partial charge in [-0.1, -0.05) is 41.5 Å². The van der Waals surface area contributed by atoms with Gasteiger partial charge in [0.05, 0.1) is 5.41 Å². The van der Waals surface area contributed by atoms with Gasteiger partial charge in [-0.05, 0) is 48.3 Å². The lowest BCUT2D eigenvalue weighted by Gasteiger charge is -2.43. The lowest BCUT2D eigenvalue weighted by Crippen LogP contribution is -2.50. The molecule has 0 aromatic rings. The van der Waals surface area contributed by atoms with Gasteiger partial charge in [-0.2, -0.15) is 0 Å². The molecule has 0 unspecified atom stereocenters. The van der Waals surface area contributed by atoms with Crippen LogP contribution in [0.5, 0.6) is 0 Å². The first-order valence-electron chi connectivity index (χ1n) is 9.70. The standard InChI is InChI=1S/C21H33NO2/c1-17(2)9-14-10-19(5,12-17)13-22(14)16(24)21-8-7-20(6,15(23)11-21)18(21,3)4/h14H,7-13H2,1-6H3/t14-,19+,20-,21+/m0/s1. The van der Waals surface area contributed by atoms with Crippen molar-refractivity contribution in [3.63, 3.8) is 0 Å². The smallest absolute Gasteiger partial charge is 0.230 e. The number of Topliss-reactive ketones (excluding diaryl/α,β-unsaturated/α-hetero) is 1. The highest BCUT2D eigenvalue weighted by Crippen LogP contribution is 2.71. The van der Waals surface area contributed by atoms with Crippen LogP contribution in [0, 0.1) is 27.1 Å². The number of amides is 1. The molecule has 3 nitrogen and oxygen atoms in total. The van der Waals surface area contributed by atoms with Gasteiger partial charge in [0.15, 0.2) is 0 Å². The van der Waals surface area contributed by atoms with E-state index in [1.807, 2.05) is 0 Å². The molecule has 4 atom stereocenters. The molecule has 0 N–H and O–H groups in total. The van der Waals surface area contributed by atoms with Gasteiger partial charge in [0.1, 0.15) is 5.78 Å². The second-order valence-electron chi connectivity index (χ2n) is 11.3. The molecule has 134 valence electrons. The number of fused-ring (bicyclic) bond motifs is 4. The third kappa shape index (κ3) is 1.74. The van der Waals surface area contributed by atoms with E-state index in [1.54, 1.807) is 0 Å². The van der Waals surface area contributed by atoms with Gasteiger partial charge in [0, 0.05) is 24.4 Å². The van der Waals surface area contributed by atoms with Crippen molar-refractivity contribution in [3.05, 3.63) is 0 Å². The Balaban J connectivity index is 1.70. The molecule has 24 heavy (non-hydrogen) atoms. The number of hydrogen-bond donors (Lipinski definition) is 0. The average molecular weight is 332 g/mol. The zero-order chi connectivity index (χ0) is 17.8. The number of carbonyl (C=O) groups is 2.